The second-order valence-electron chi connectivity index (χ2n) is 7.43. The van der Waals surface area contributed by atoms with Gasteiger partial charge in [0.15, 0.2) is 10.4 Å². The van der Waals surface area contributed by atoms with Gasteiger partial charge in [0.05, 0.1) is 22.7 Å². The number of hydrogen-bond donors (Lipinski definition) is 1. The van der Waals surface area contributed by atoms with Gasteiger partial charge >= 0.3 is 11.4 Å². The highest BCUT2D eigenvalue weighted by Gasteiger charge is 2.44. The summed E-state index contributed by atoms with van der Waals surface area (Å²) in [7, 11) is -1.14. The molecule has 0 spiro atoms. The maximum absolute atomic E-state index is 14.8. The summed E-state index contributed by atoms with van der Waals surface area (Å²) in [6, 6.07) is 2.03. The molecule has 1 fully saturated rings. The van der Waals surface area contributed by atoms with Crippen LogP contribution in [0.25, 0.3) is 5.69 Å². The molecule has 0 saturated carbocycles. The maximum atomic E-state index is 14.8. The van der Waals surface area contributed by atoms with Crippen molar-refractivity contribution in [3.63, 3.8) is 0 Å². The van der Waals surface area contributed by atoms with Crippen molar-refractivity contribution in [2.24, 2.45) is 14.1 Å². The molecule has 1 aliphatic rings. The average Bonchev–Trinajstić information content (AvgIpc) is 3.08. The van der Waals surface area contributed by atoms with E-state index in [2.05, 4.69) is 0 Å². The molecule has 1 aromatic carbocycles. The average molecular weight is 508 g/mol. The molecular formula is C17H19ClFN5O6S2. The van der Waals surface area contributed by atoms with Crippen LogP contribution in [0.1, 0.15) is 13.3 Å². The minimum Gasteiger partial charge on any atom is -0.273 e. The number of carbonyl (C=O) groups excluding carboxylic acids is 1. The standard InChI is InChI=1S/C17H19ClFN5O6S2/c1-17(13(25)20-32(4,28)29)5-6-23(30-17)11-8-12(10(19)7-9(11)18)24-14(26)21(2)16(31)22(3)15(24)27/h7-8H,5-6H2,1-4H3,(H,20,25). The highest BCUT2D eigenvalue weighted by molar-refractivity contribution is 7.89. The van der Waals surface area contributed by atoms with Gasteiger partial charge in [0.25, 0.3) is 5.91 Å². The number of anilines is 1. The SMILES string of the molecule is Cn1c(=S)n(C)c(=O)n(-c2cc(N3CCC(C)(C(=O)NS(C)(=O)=O)O3)c(Cl)cc2F)c1=O. The number of sulfonamides is 1. The third kappa shape index (κ3) is 4.22. The zero-order valence-electron chi connectivity index (χ0n) is 17.4. The molecule has 174 valence electrons. The Morgan fingerprint density at radius 3 is 2.31 bits per heavy atom. The van der Waals surface area contributed by atoms with Crippen LogP contribution in [0, 0.1) is 10.6 Å². The molecule has 2 heterocycles. The fraction of sp³-hybridized carbons (Fsp3) is 0.412. The van der Waals surface area contributed by atoms with E-state index in [4.69, 9.17) is 28.7 Å². The van der Waals surface area contributed by atoms with Crippen molar-refractivity contribution >= 4 is 45.4 Å². The molecule has 15 heteroatoms. The number of nitrogens with zero attached hydrogens (tertiary/aromatic N) is 4. The summed E-state index contributed by atoms with van der Waals surface area (Å²) in [5, 5.41) is 1.05. The van der Waals surface area contributed by atoms with E-state index in [1.165, 1.54) is 26.1 Å². The van der Waals surface area contributed by atoms with E-state index < -0.39 is 44.4 Å². The summed E-state index contributed by atoms with van der Waals surface area (Å²) in [5.74, 6) is -1.84. The highest BCUT2D eigenvalue weighted by atomic mass is 35.5. The van der Waals surface area contributed by atoms with E-state index in [1.807, 2.05) is 4.72 Å². The minimum atomic E-state index is -3.82. The summed E-state index contributed by atoms with van der Waals surface area (Å²) >= 11 is 11.2. The summed E-state index contributed by atoms with van der Waals surface area (Å²) < 4.78 is 42.0. The molecule has 0 aliphatic carbocycles. The van der Waals surface area contributed by atoms with Crippen molar-refractivity contribution in [3.05, 3.63) is 48.7 Å². The van der Waals surface area contributed by atoms with E-state index in [0.717, 1.165) is 27.5 Å². The number of hydroxylamine groups is 1. The topological polar surface area (TPSA) is 125 Å². The van der Waals surface area contributed by atoms with Crippen LogP contribution in [0.5, 0.6) is 0 Å². The number of amides is 1. The first kappa shape index (κ1) is 24.1. The Morgan fingerprint density at radius 1 is 1.22 bits per heavy atom. The Hall–Kier alpha value is -2.55. The molecule has 11 nitrogen and oxygen atoms in total. The normalized spacial score (nSPS) is 18.8. The fourth-order valence-electron chi connectivity index (χ4n) is 3.12. The van der Waals surface area contributed by atoms with Crippen LogP contribution in [0.15, 0.2) is 21.7 Å². The van der Waals surface area contributed by atoms with Gasteiger partial charge in [-0.2, -0.15) is 0 Å². The maximum Gasteiger partial charge on any atom is 0.338 e. The van der Waals surface area contributed by atoms with Gasteiger partial charge in [0.2, 0.25) is 10.0 Å². The van der Waals surface area contributed by atoms with Crippen LogP contribution in [-0.2, 0) is 33.8 Å². The molecular weight excluding hydrogens is 489 g/mol. The first-order valence-electron chi connectivity index (χ1n) is 9.03. The van der Waals surface area contributed by atoms with Crippen molar-refractivity contribution in [1.82, 2.24) is 18.4 Å². The lowest BCUT2D eigenvalue weighted by Crippen LogP contribution is -2.47. The molecule has 1 unspecified atom stereocenters. The van der Waals surface area contributed by atoms with Crippen LogP contribution < -0.4 is 21.2 Å². The molecule has 0 bridgehead atoms. The van der Waals surface area contributed by atoms with Gasteiger partial charge in [-0.15, -0.1) is 0 Å². The smallest absolute Gasteiger partial charge is 0.273 e. The predicted molar refractivity (Wildman–Crippen MR) is 116 cm³/mol. The monoisotopic (exact) mass is 507 g/mol. The Morgan fingerprint density at radius 2 is 1.78 bits per heavy atom. The second-order valence-corrected chi connectivity index (χ2v) is 9.95. The fourth-order valence-corrected chi connectivity index (χ4v) is 4.07. The van der Waals surface area contributed by atoms with E-state index in [-0.39, 0.29) is 28.4 Å². The molecule has 1 N–H and O–H groups in total. The molecule has 1 aliphatic heterocycles. The molecule has 1 amide bonds. The number of nitrogens with one attached hydrogen (secondary N) is 1. The summed E-state index contributed by atoms with van der Waals surface area (Å²) in [6.07, 6.45) is 0.912. The third-order valence-electron chi connectivity index (χ3n) is 4.92. The van der Waals surface area contributed by atoms with Gasteiger partial charge in [0.1, 0.15) is 5.82 Å². The minimum absolute atomic E-state index is 0.0543. The van der Waals surface area contributed by atoms with Crippen molar-refractivity contribution in [2.75, 3.05) is 17.9 Å². The van der Waals surface area contributed by atoms with Crippen molar-refractivity contribution in [3.8, 4) is 5.69 Å². The zero-order valence-corrected chi connectivity index (χ0v) is 19.8. The third-order valence-corrected chi connectivity index (χ3v) is 6.32. The molecule has 1 saturated heterocycles. The Kier molecular flexibility index (Phi) is 6.10. The largest absolute Gasteiger partial charge is 0.338 e. The predicted octanol–water partition coefficient (Wildman–Crippen LogP) is 0.373. The first-order valence-corrected chi connectivity index (χ1v) is 11.7. The molecule has 32 heavy (non-hydrogen) atoms. The number of hydrogen-bond acceptors (Lipinski definition) is 8. The number of aromatic nitrogens is 3. The Bertz CT molecular complexity index is 1380. The molecule has 2 aromatic rings. The van der Waals surface area contributed by atoms with Crippen molar-refractivity contribution < 1.29 is 22.4 Å². The van der Waals surface area contributed by atoms with Crippen LogP contribution in [0.4, 0.5) is 10.1 Å². The zero-order chi connectivity index (χ0) is 24.2. The lowest BCUT2D eigenvalue weighted by molar-refractivity contribution is -0.138. The first-order chi connectivity index (χ1) is 14.7. The highest BCUT2D eigenvalue weighted by Crippen LogP contribution is 2.36. The number of benzene rings is 1. The van der Waals surface area contributed by atoms with Gasteiger partial charge in [-0.3, -0.25) is 28.6 Å². The van der Waals surface area contributed by atoms with Crippen LogP contribution in [0.2, 0.25) is 5.02 Å². The van der Waals surface area contributed by atoms with Gasteiger partial charge < -0.3 is 0 Å². The van der Waals surface area contributed by atoms with Gasteiger partial charge in [-0.1, -0.05) is 11.6 Å². The number of rotatable bonds is 4. The lowest BCUT2D eigenvalue weighted by atomic mass is 10.0. The van der Waals surface area contributed by atoms with Gasteiger partial charge in [-0.05, 0) is 31.3 Å². The molecule has 1 aromatic heterocycles. The van der Waals surface area contributed by atoms with Crippen molar-refractivity contribution in [2.45, 2.75) is 18.9 Å². The lowest BCUT2D eigenvalue weighted by Gasteiger charge is -2.25. The van der Waals surface area contributed by atoms with Gasteiger partial charge in [-0.25, -0.2) is 27.0 Å². The van der Waals surface area contributed by atoms with Gasteiger partial charge in [0, 0.05) is 27.1 Å². The quantitative estimate of drug-likeness (QED) is 0.589. The van der Waals surface area contributed by atoms with E-state index in [9.17, 15) is 27.2 Å². The summed E-state index contributed by atoms with van der Waals surface area (Å²) in [6.45, 7) is 1.47. The summed E-state index contributed by atoms with van der Waals surface area (Å²) in [5.41, 5.74) is -3.63. The van der Waals surface area contributed by atoms with E-state index in [1.54, 1.807) is 0 Å². The van der Waals surface area contributed by atoms with E-state index >= 15 is 0 Å². The van der Waals surface area contributed by atoms with Crippen molar-refractivity contribution in [1.29, 1.82) is 0 Å². The Balaban J connectivity index is 2.09. The number of carbonyl (C=O) groups is 1. The van der Waals surface area contributed by atoms with Crippen LogP contribution in [-0.4, -0.2) is 46.4 Å². The van der Waals surface area contributed by atoms with Crippen LogP contribution in [0.3, 0.4) is 0 Å². The van der Waals surface area contributed by atoms with Crippen LogP contribution >= 0.6 is 23.8 Å². The molecule has 1 atom stereocenters. The molecule has 0 radical (unpaired) electrons. The Labute approximate surface area is 191 Å². The summed E-state index contributed by atoms with van der Waals surface area (Å²) in [4.78, 5) is 43.3. The second kappa shape index (κ2) is 8.10. The molecule has 3 rings (SSSR count). The number of halogens is 2. The van der Waals surface area contributed by atoms with E-state index in [0.29, 0.717) is 4.57 Å².